The number of nitro groups is 1. The van der Waals surface area contributed by atoms with Gasteiger partial charge in [0.05, 0.1) is 18.0 Å². The Morgan fingerprint density at radius 3 is 2.65 bits per heavy atom. The summed E-state index contributed by atoms with van der Waals surface area (Å²) in [5.74, 6) is -3.00. The van der Waals surface area contributed by atoms with Gasteiger partial charge in [0.15, 0.2) is 0 Å². The number of hydrogen-bond donors (Lipinski definition) is 2. The SMILES string of the molecule is NCC(F)(F)CNc1ccc([N+](=O)[O-])cc1I. The fourth-order valence-corrected chi connectivity index (χ4v) is 1.75. The number of nitro benzene ring substituents is 1. The van der Waals surface area contributed by atoms with Crippen molar-refractivity contribution < 1.29 is 13.7 Å². The van der Waals surface area contributed by atoms with Crippen molar-refractivity contribution in [3.63, 3.8) is 0 Å². The Morgan fingerprint density at radius 1 is 1.53 bits per heavy atom. The lowest BCUT2D eigenvalue weighted by Gasteiger charge is -2.16. The van der Waals surface area contributed by atoms with Crippen LogP contribution in [0.15, 0.2) is 18.2 Å². The van der Waals surface area contributed by atoms with Crippen LogP contribution in [0.5, 0.6) is 0 Å². The monoisotopic (exact) mass is 357 g/mol. The van der Waals surface area contributed by atoms with E-state index in [1.165, 1.54) is 18.2 Å². The maximum absolute atomic E-state index is 12.9. The van der Waals surface area contributed by atoms with Crippen molar-refractivity contribution in [1.29, 1.82) is 0 Å². The molecule has 0 aromatic heterocycles. The van der Waals surface area contributed by atoms with Crippen LogP contribution in [0, 0.1) is 13.7 Å². The zero-order chi connectivity index (χ0) is 13.1. The number of nitrogens with two attached hydrogens (primary N) is 1. The van der Waals surface area contributed by atoms with E-state index in [-0.39, 0.29) is 5.69 Å². The third kappa shape index (κ3) is 4.04. The molecule has 0 saturated heterocycles. The highest BCUT2D eigenvalue weighted by molar-refractivity contribution is 14.1. The van der Waals surface area contributed by atoms with Gasteiger partial charge >= 0.3 is 0 Å². The molecule has 0 aliphatic rings. The van der Waals surface area contributed by atoms with Gasteiger partial charge in [-0.25, -0.2) is 8.78 Å². The van der Waals surface area contributed by atoms with Crippen LogP contribution in [0.3, 0.4) is 0 Å². The van der Waals surface area contributed by atoms with E-state index in [1.54, 1.807) is 0 Å². The molecule has 0 fully saturated rings. The van der Waals surface area contributed by atoms with Crippen LogP contribution in [0.1, 0.15) is 0 Å². The van der Waals surface area contributed by atoms with Crippen LogP contribution in [-0.2, 0) is 0 Å². The van der Waals surface area contributed by atoms with Gasteiger partial charge in [0.1, 0.15) is 0 Å². The first kappa shape index (κ1) is 14.0. The van der Waals surface area contributed by atoms with Crippen molar-refractivity contribution in [2.24, 2.45) is 5.73 Å². The topological polar surface area (TPSA) is 81.2 Å². The molecule has 0 bridgehead atoms. The average Bonchev–Trinajstić information content (AvgIpc) is 2.27. The molecule has 0 aliphatic carbocycles. The molecule has 17 heavy (non-hydrogen) atoms. The van der Waals surface area contributed by atoms with Gasteiger partial charge in [-0.15, -0.1) is 0 Å². The Balaban J connectivity index is 2.77. The van der Waals surface area contributed by atoms with Crippen LogP contribution in [0.4, 0.5) is 20.2 Å². The standard InChI is InChI=1S/C9H10F2IN3O2/c10-9(11,4-13)5-14-8-2-1-6(15(16)17)3-7(8)12/h1-3,14H,4-5,13H2. The molecule has 0 amide bonds. The third-order valence-corrected chi connectivity index (χ3v) is 2.89. The predicted molar refractivity (Wildman–Crippen MR) is 68.3 cm³/mol. The number of non-ortho nitro benzene ring substituents is 1. The Morgan fingerprint density at radius 2 is 2.18 bits per heavy atom. The van der Waals surface area contributed by atoms with Gasteiger partial charge in [-0.1, -0.05) is 0 Å². The second kappa shape index (κ2) is 5.54. The van der Waals surface area contributed by atoms with E-state index in [9.17, 15) is 18.9 Å². The molecular formula is C9H10F2IN3O2. The summed E-state index contributed by atoms with van der Waals surface area (Å²) in [6, 6.07) is 3.96. The number of anilines is 1. The summed E-state index contributed by atoms with van der Waals surface area (Å²) >= 11 is 1.84. The van der Waals surface area contributed by atoms with E-state index in [2.05, 4.69) is 5.32 Å². The van der Waals surface area contributed by atoms with Crippen molar-refractivity contribution in [1.82, 2.24) is 0 Å². The van der Waals surface area contributed by atoms with Crippen molar-refractivity contribution in [3.05, 3.63) is 31.9 Å². The summed E-state index contributed by atoms with van der Waals surface area (Å²) in [4.78, 5) is 9.93. The number of hydrogen-bond acceptors (Lipinski definition) is 4. The minimum atomic E-state index is -3.00. The van der Waals surface area contributed by atoms with E-state index in [1.807, 2.05) is 22.6 Å². The van der Waals surface area contributed by atoms with Gasteiger partial charge in [-0.3, -0.25) is 10.1 Å². The van der Waals surface area contributed by atoms with Gasteiger partial charge in [0, 0.05) is 21.4 Å². The summed E-state index contributed by atoms with van der Waals surface area (Å²) in [5, 5.41) is 13.0. The fourth-order valence-electron chi connectivity index (χ4n) is 1.06. The second-order valence-electron chi connectivity index (χ2n) is 3.33. The van der Waals surface area contributed by atoms with Crippen LogP contribution in [0.25, 0.3) is 0 Å². The zero-order valence-corrected chi connectivity index (χ0v) is 10.8. The van der Waals surface area contributed by atoms with E-state index >= 15 is 0 Å². The summed E-state index contributed by atoms with van der Waals surface area (Å²) in [7, 11) is 0. The molecule has 0 unspecified atom stereocenters. The molecule has 0 heterocycles. The summed E-state index contributed by atoms with van der Waals surface area (Å²) in [6.45, 7) is -1.35. The first-order valence-corrected chi connectivity index (χ1v) is 5.69. The molecule has 1 rings (SSSR count). The quantitative estimate of drug-likeness (QED) is 0.481. The van der Waals surface area contributed by atoms with Crippen LogP contribution in [-0.4, -0.2) is 23.9 Å². The summed E-state index contributed by atoms with van der Waals surface area (Å²) < 4.78 is 26.3. The lowest BCUT2D eigenvalue weighted by Crippen LogP contribution is -2.35. The van der Waals surface area contributed by atoms with Crippen molar-refractivity contribution in [2.45, 2.75) is 5.92 Å². The maximum atomic E-state index is 12.9. The van der Waals surface area contributed by atoms with Crippen molar-refractivity contribution >= 4 is 34.0 Å². The van der Waals surface area contributed by atoms with E-state index in [4.69, 9.17) is 5.73 Å². The molecule has 5 nitrogen and oxygen atoms in total. The molecule has 0 saturated carbocycles. The largest absolute Gasteiger partial charge is 0.378 e. The number of nitrogens with one attached hydrogen (secondary N) is 1. The van der Waals surface area contributed by atoms with Gasteiger partial charge in [0.2, 0.25) is 0 Å². The highest BCUT2D eigenvalue weighted by Gasteiger charge is 2.26. The molecule has 1 aromatic carbocycles. The van der Waals surface area contributed by atoms with Crippen molar-refractivity contribution in [2.75, 3.05) is 18.4 Å². The lowest BCUT2D eigenvalue weighted by atomic mass is 10.2. The fraction of sp³-hybridized carbons (Fsp3) is 0.333. The average molecular weight is 357 g/mol. The van der Waals surface area contributed by atoms with E-state index in [0.717, 1.165) is 0 Å². The molecule has 94 valence electrons. The van der Waals surface area contributed by atoms with Crippen LogP contribution < -0.4 is 11.1 Å². The Kier molecular flexibility index (Phi) is 4.57. The number of rotatable bonds is 5. The van der Waals surface area contributed by atoms with Gasteiger partial charge < -0.3 is 11.1 Å². The molecule has 0 radical (unpaired) electrons. The van der Waals surface area contributed by atoms with E-state index < -0.39 is 23.9 Å². The van der Waals surface area contributed by atoms with Gasteiger partial charge in [-0.2, -0.15) is 0 Å². The highest BCUT2D eigenvalue weighted by Crippen LogP contribution is 2.24. The molecule has 0 aliphatic heterocycles. The minimum Gasteiger partial charge on any atom is -0.378 e. The highest BCUT2D eigenvalue weighted by atomic mass is 127. The first-order chi connectivity index (χ1) is 7.85. The minimum absolute atomic E-state index is 0.0782. The number of nitrogens with zero attached hydrogens (tertiary/aromatic N) is 1. The second-order valence-corrected chi connectivity index (χ2v) is 4.50. The number of halogens is 3. The first-order valence-electron chi connectivity index (χ1n) is 4.61. The number of alkyl halides is 2. The molecule has 1 aromatic rings. The normalized spacial score (nSPS) is 11.3. The summed E-state index contributed by atoms with van der Waals surface area (Å²) in [6.07, 6.45) is 0. The molecule has 3 N–H and O–H groups in total. The lowest BCUT2D eigenvalue weighted by molar-refractivity contribution is -0.384. The number of benzene rings is 1. The molecule has 0 spiro atoms. The Bertz CT molecular complexity index is 429. The third-order valence-electron chi connectivity index (χ3n) is 2.00. The Hall–Kier alpha value is -1.03. The molecular weight excluding hydrogens is 347 g/mol. The molecule has 0 atom stereocenters. The smallest absolute Gasteiger partial charge is 0.276 e. The van der Waals surface area contributed by atoms with Crippen LogP contribution >= 0.6 is 22.6 Å². The van der Waals surface area contributed by atoms with Crippen molar-refractivity contribution in [3.8, 4) is 0 Å². The van der Waals surface area contributed by atoms with Gasteiger partial charge in [-0.05, 0) is 28.7 Å². The maximum Gasteiger partial charge on any atom is 0.276 e. The summed E-state index contributed by atoms with van der Waals surface area (Å²) in [5.41, 5.74) is 5.23. The zero-order valence-electron chi connectivity index (χ0n) is 8.62. The van der Waals surface area contributed by atoms with Gasteiger partial charge in [0.25, 0.3) is 11.6 Å². The predicted octanol–water partition coefficient (Wildman–Crippen LogP) is 2.21. The van der Waals surface area contributed by atoms with E-state index in [0.29, 0.717) is 9.26 Å². The Labute approximate surface area is 110 Å². The van der Waals surface area contributed by atoms with Crippen LogP contribution in [0.2, 0.25) is 0 Å². The molecule has 8 heteroatoms.